The summed E-state index contributed by atoms with van der Waals surface area (Å²) in [5, 5.41) is 15.9. The van der Waals surface area contributed by atoms with Crippen LogP contribution in [0.15, 0.2) is 12.1 Å². The number of amides is 1. The molecule has 114 valence electrons. The summed E-state index contributed by atoms with van der Waals surface area (Å²) in [6.45, 7) is 2.61. The Morgan fingerprint density at radius 1 is 1.48 bits per heavy atom. The van der Waals surface area contributed by atoms with Gasteiger partial charge in [-0.05, 0) is 31.4 Å². The molecule has 1 aliphatic rings. The van der Waals surface area contributed by atoms with Crippen LogP contribution in [0.2, 0.25) is 0 Å². The topological polar surface area (TPSA) is 84.3 Å². The lowest BCUT2D eigenvalue weighted by Crippen LogP contribution is -2.45. The van der Waals surface area contributed by atoms with Crippen molar-refractivity contribution in [1.29, 1.82) is 0 Å². The van der Waals surface area contributed by atoms with Gasteiger partial charge in [-0.25, -0.2) is 8.78 Å². The van der Waals surface area contributed by atoms with Crippen molar-refractivity contribution in [3.8, 4) is 0 Å². The minimum absolute atomic E-state index is 0.314. The molecule has 0 radical (unpaired) electrons. The molecule has 0 spiro atoms. The van der Waals surface area contributed by atoms with Crippen molar-refractivity contribution in [2.75, 3.05) is 11.9 Å². The predicted molar refractivity (Wildman–Crippen MR) is 71.8 cm³/mol. The van der Waals surface area contributed by atoms with Crippen LogP contribution in [0.25, 0.3) is 0 Å². The Labute approximate surface area is 119 Å². The van der Waals surface area contributed by atoms with Gasteiger partial charge in [0.15, 0.2) is 17.3 Å². The van der Waals surface area contributed by atoms with E-state index >= 15 is 0 Å². The Hall–Kier alpha value is -2.09. The first-order chi connectivity index (χ1) is 9.90. The summed E-state index contributed by atoms with van der Waals surface area (Å²) >= 11 is 0. The molecule has 2 N–H and O–H groups in total. The van der Waals surface area contributed by atoms with E-state index in [2.05, 4.69) is 10.6 Å². The van der Waals surface area contributed by atoms with Gasteiger partial charge in [0.05, 0.1) is 11.0 Å². The maximum atomic E-state index is 13.7. The van der Waals surface area contributed by atoms with Crippen molar-refractivity contribution in [1.82, 2.24) is 5.32 Å². The number of piperidine rings is 1. The second kappa shape index (κ2) is 6.13. The molecule has 1 aliphatic heterocycles. The first-order valence-corrected chi connectivity index (χ1v) is 6.56. The molecule has 1 saturated heterocycles. The highest BCUT2D eigenvalue weighted by molar-refractivity contribution is 5.97. The van der Waals surface area contributed by atoms with Crippen LogP contribution in [0.4, 0.5) is 20.2 Å². The van der Waals surface area contributed by atoms with Crippen molar-refractivity contribution >= 4 is 17.3 Å². The Kier molecular flexibility index (Phi) is 4.46. The van der Waals surface area contributed by atoms with Gasteiger partial charge >= 0.3 is 0 Å². The lowest BCUT2D eigenvalue weighted by molar-refractivity contribution is -0.384. The van der Waals surface area contributed by atoms with Crippen LogP contribution in [0, 0.1) is 27.7 Å². The highest BCUT2D eigenvalue weighted by Gasteiger charge is 2.29. The maximum absolute atomic E-state index is 13.7. The van der Waals surface area contributed by atoms with E-state index in [0.29, 0.717) is 24.9 Å². The minimum Gasteiger partial charge on any atom is -0.316 e. The van der Waals surface area contributed by atoms with Gasteiger partial charge < -0.3 is 10.6 Å². The van der Waals surface area contributed by atoms with Crippen LogP contribution in [0.5, 0.6) is 0 Å². The van der Waals surface area contributed by atoms with Gasteiger partial charge in [-0.1, -0.05) is 6.92 Å². The van der Waals surface area contributed by atoms with Crippen LogP contribution in [-0.4, -0.2) is 23.4 Å². The molecule has 2 rings (SSSR count). The van der Waals surface area contributed by atoms with Crippen LogP contribution >= 0.6 is 0 Å². The third kappa shape index (κ3) is 3.33. The van der Waals surface area contributed by atoms with Crippen molar-refractivity contribution < 1.29 is 18.5 Å². The number of nitro groups is 1. The summed E-state index contributed by atoms with van der Waals surface area (Å²) < 4.78 is 26.9. The van der Waals surface area contributed by atoms with Gasteiger partial charge in [0.25, 0.3) is 5.69 Å². The molecule has 0 aliphatic carbocycles. The first-order valence-electron chi connectivity index (χ1n) is 6.56. The zero-order valence-electron chi connectivity index (χ0n) is 11.4. The van der Waals surface area contributed by atoms with Crippen LogP contribution < -0.4 is 10.6 Å². The number of carbonyl (C=O) groups is 1. The number of hydrogen-bond acceptors (Lipinski definition) is 4. The molecule has 21 heavy (non-hydrogen) atoms. The fraction of sp³-hybridized carbons (Fsp3) is 0.462. The van der Waals surface area contributed by atoms with Crippen molar-refractivity contribution in [3.63, 3.8) is 0 Å². The number of hydrogen-bond donors (Lipinski definition) is 2. The Morgan fingerprint density at radius 3 is 2.81 bits per heavy atom. The molecular weight excluding hydrogens is 284 g/mol. The SMILES string of the molecule is CC1CCNC(C(=O)Nc2c([N+](=O)[O-])ccc(F)c2F)C1. The molecule has 1 aromatic carbocycles. The summed E-state index contributed by atoms with van der Waals surface area (Å²) in [5.74, 6) is -2.97. The standard InChI is InChI=1S/C13H15F2N3O3/c1-7-4-5-16-9(6-7)13(19)17-12-10(18(20)21)3-2-8(14)11(12)15/h2-3,7,9,16H,4-6H2,1H3,(H,17,19). The van der Waals surface area contributed by atoms with Crippen molar-refractivity contribution in [2.45, 2.75) is 25.8 Å². The third-order valence-electron chi connectivity index (χ3n) is 3.50. The minimum atomic E-state index is -1.43. The monoisotopic (exact) mass is 299 g/mol. The second-order valence-corrected chi connectivity index (χ2v) is 5.14. The number of halogens is 2. The van der Waals surface area contributed by atoms with E-state index in [-0.39, 0.29) is 0 Å². The Morgan fingerprint density at radius 2 is 2.19 bits per heavy atom. The Balaban J connectivity index is 2.24. The maximum Gasteiger partial charge on any atom is 0.296 e. The molecule has 2 unspecified atom stereocenters. The number of nitrogens with zero attached hydrogens (tertiary/aromatic N) is 1. The van der Waals surface area contributed by atoms with E-state index in [1.807, 2.05) is 6.92 Å². The fourth-order valence-electron chi connectivity index (χ4n) is 2.33. The van der Waals surface area contributed by atoms with E-state index in [0.717, 1.165) is 12.5 Å². The highest BCUT2D eigenvalue weighted by atomic mass is 19.2. The predicted octanol–water partition coefficient (Wildman–Crippen LogP) is 2.20. The molecule has 1 fully saturated rings. The number of benzene rings is 1. The van der Waals surface area contributed by atoms with Crippen LogP contribution in [0.1, 0.15) is 19.8 Å². The van der Waals surface area contributed by atoms with E-state index in [1.54, 1.807) is 0 Å². The summed E-state index contributed by atoms with van der Waals surface area (Å²) in [4.78, 5) is 22.0. The lowest BCUT2D eigenvalue weighted by Gasteiger charge is -2.27. The highest BCUT2D eigenvalue weighted by Crippen LogP contribution is 2.29. The van der Waals surface area contributed by atoms with E-state index in [4.69, 9.17) is 0 Å². The number of nitro benzene ring substituents is 1. The Bertz CT molecular complexity index is 580. The molecule has 2 atom stereocenters. The van der Waals surface area contributed by atoms with Gasteiger partial charge in [0.1, 0.15) is 0 Å². The van der Waals surface area contributed by atoms with Gasteiger partial charge in [0.2, 0.25) is 5.91 Å². The molecule has 1 heterocycles. The van der Waals surface area contributed by atoms with Gasteiger partial charge in [-0.3, -0.25) is 14.9 Å². The molecule has 0 aromatic heterocycles. The molecular formula is C13H15F2N3O3. The van der Waals surface area contributed by atoms with Crippen molar-refractivity contribution in [3.05, 3.63) is 33.9 Å². The number of carbonyl (C=O) groups excluding carboxylic acids is 1. The van der Waals surface area contributed by atoms with Gasteiger partial charge in [-0.2, -0.15) is 0 Å². The van der Waals surface area contributed by atoms with E-state index in [9.17, 15) is 23.7 Å². The lowest BCUT2D eigenvalue weighted by atomic mass is 9.94. The summed E-state index contributed by atoms with van der Waals surface area (Å²) in [7, 11) is 0. The normalized spacial score (nSPS) is 21.9. The zero-order chi connectivity index (χ0) is 15.6. The average molecular weight is 299 g/mol. The van der Waals surface area contributed by atoms with E-state index < -0.39 is 39.9 Å². The molecule has 0 saturated carbocycles. The molecule has 1 aromatic rings. The molecule has 0 bridgehead atoms. The number of anilines is 1. The van der Waals surface area contributed by atoms with Gasteiger partial charge in [0, 0.05) is 6.07 Å². The van der Waals surface area contributed by atoms with Gasteiger partial charge in [-0.15, -0.1) is 0 Å². The smallest absolute Gasteiger partial charge is 0.296 e. The molecule has 1 amide bonds. The number of nitrogens with one attached hydrogen (secondary N) is 2. The zero-order valence-corrected chi connectivity index (χ0v) is 11.4. The summed E-state index contributed by atoms with van der Waals surface area (Å²) in [6, 6.07) is 0.908. The second-order valence-electron chi connectivity index (χ2n) is 5.14. The molecule has 8 heteroatoms. The van der Waals surface area contributed by atoms with Crippen LogP contribution in [-0.2, 0) is 4.79 Å². The number of rotatable bonds is 3. The average Bonchev–Trinajstić information content (AvgIpc) is 2.43. The van der Waals surface area contributed by atoms with E-state index in [1.165, 1.54) is 0 Å². The summed E-state index contributed by atoms with van der Waals surface area (Å²) in [5.41, 5.74) is -1.41. The van der Waals surface area contributed by atoms with Crippen molar-refractivity contribution in [2.24, 2.45) is 5.92 Å². The quantitative estimate of drug-likeness (QED) is 0.662. The summed E-state index contributed by atoms with van der Waals surface area (Å²) in [6.07, 6.45) is 1.45. The fourth-order valence-corrected chi connectivity index (χ4v) is 2.33. The molecule has 6 nitrogen and oxygen atoms in total. The third-order valence-corrected chi connectivity index (χ3v) is 3.50. The first kappa shape index (κ1) is 15.3. The largest absolute Gasteiger partial charge is 0.316 e. The van der Waals surface area contributed by atoms with Crippen LogP contribution in [0.3, 0.4) is 0 Å².